The van der Waals surface area contributed by atoms with Gasteiger partial charge in [-0.3, -0.25) is 4.98 Å². The van der Waals surface area contributed by atoms with Crippen LogP contribution in [0.4, 0.5) is 11.5 Å². The maximum absolute atomic E-state index is 5.19. The average molecular weight is 212 g/mol. The van der Waals surface area contributed by atoms with Crippen molar-refractivity contribution in [2.75, 3.05) is 5.32 Å². The molecule has 0 saturated heterocycles. The molecule has 78 valence electrons. The fourth-order valence-electron chi connectivity index (χ4n) is 1.46. The second-order valence-electron chi connectivity index (χ2n) is 3.23. The molecule has 0 aromatic carbocycles. The van der Waals surface area contributed by atoms with E-state index in [1.807, 2.05) is 18.2 Å². The van der Waals surface area contributed by atoms with Crippen molar-refractivity contribution < 1.29 is 4.42 Å². The van der Waals surface area contributed by atoms with Crippen LogP contribution in [0.25, 0.3) is 11.1 Å². The molecule has 3 aromatic rings. The molecule has 0 atom stereocenters. The molecule has 0 bridgehead atoms. The SMILES string of the molecule is c1cncc(Nc2ncnc3occc23)c1. The van der Waals surface area contributed by atoms with E-state index in [0.29, 0.717) is 11.5 Å². The summed E-state index contributed by atoms with van der Waals surface area (Å²) in [5, 5.41) is 4.01. The fourth-order valence-corrected chi connectivity index (χ4v) is 1.46. The minimum Gasteiger partial charge on any atom is -0.446 e. The van der Waals surface area contributed by atoms with Gasteiger partial charge in [-0.15, -0.1) is 0 Å². The highest BCUT2D eigenvalue weighted by molar-refractivity contribution is 5.87. The van der Waals surface area contributed by atoms with Gasteiger partial charge in [0.05, 0.1) is 23.5 Å². The van der Waals surface area contributed by atoms with E-state index in [4.69, 9.17) is 4.42 Å². The Balaban J connectivity index is 2.04. The molecule has 0 aliphatic carbocycles. The van der Waals surface area contributed by atoms with Gasteiger partial charge in [-0.05, 0) is 18.2 Å². The molecule has 3 heterocycles. The van der Waals surface area contributed by atoms with Gasteiger partial charge < -0.3 is 9.73 Å². The summed E-state index contributed by atoms with van der Waals surface area (Å²) in [5.74, 6) is 0.715. The third-order valence-electron chi connectivity index (χ3n) is 2.19. The monoisotopic (exact) mass is 212 g/mol. The number of pyridine rings is 1. The van der Waals surface area contributed by atoms with Crippen LogP contribution in [0.2, 0.25) is 0 Å². The van der Waals surface area contributed by atoms with Crippen molar-refractivity contribution in [2.45, 2.75) is 0 Å². The maximum atomic E-state index is 5.19. The molecule has 0 spiro atoms. The first-order valence-electron chi connectivity index (χ1n) is 4.79. The summed E-state index contributed by atoms with van der Waals surface area (Å²) in [6, 6.07) is 5.60. The van der Waals surface area contributed by atoms with Gasteiger partial charge in [-0.1, -0.05) is 0 Å². The normalized spacial score (nSPS) is 10.5. The van der Waals surface area contributed by atoms with E-state index in [9.17, 15) is 0 Å². The number of nitrogens with zero attached hydrogens (tertiary/aromatic N) is 3. The van der Waals surface area contributed by atoms with E-state index < -0.39 is 0 Å². The molecule has 0 radical (unpaired) electrons. The smallest absolute Gasteiger partial charge is 0.231 e. The van der Waals surface area contributed by atoms with Crippen molar-refractivity contribution >= 4 is 22.6 Å². The first-order chi connectivity index (χ1) is 7.93. The van der Waals surface area contributed by atoms with Gasteiger partial charge in [0.25, 0.3) is 0 Å². The van der Waals surface area contributed by atoms with Crippen LogP contribution in [0.1, 0.15) is 0 Å². The molecular weight excluding hydrogens is 204 g/mol. The lowest BCUT2D eigenvalue weighted by molar-refractivity contribution is 0.602. The van der Waals surface area contributed by atoms with Crippen LogP contribution >= 0.6 is 0 Å². The molecule has 1 N–H and O–H groups in total. The van der Waals surface area contributed by atoms with Crippen LogP contribution in [0.3, 0.4) is 0 Å². The standard InChI is InChI=1S/C11H8N4O/c1-2-8(6-12-4-1)15-10-9-3-5-16-11(9)14-7-13-10/h1-7H,(H,13,14,15). The van der Waals surface area contributed by atoms with Gasteiger partial charge in [0.2, 0.25) is 5.71 Å². The molecule has 0 aliphatic heterocycles. The lowest BCUT2D eigenvalue weighted by atomic mass is 10.3. The number of hydrogen-bond donors (Lipinski definition) is 1. The Hall–Kier alpha value is -2.43. The van der Waals surface area contributed by atoms with E-state index in [1.165, 1.54) is 6.33 Å². The second kappa shape index (κ2) is 3.62. The zero-order valence-corrected chi connectivity index (χ0v) is 8.29. The minimum atomic E-state index is 0.571. The molecule has 0 saturated carbocycles. The third kappa shape index (κ3) is 1.48. The van der Waals surface area contributed by atoms with Crippen molar-refractivity contribution in [2.24, 2.45) is 0 Å². The molecule has 3 rings (SSSR count). The van der Waals surface area contributed by atoms with Crippen LogP contribution in [-0.4, -0.2) is 15.0 Å². The first kappa shape index (κ1) is 8.84. The lowest BCUT2D eigenvalue weighted by Crippen LogP contribution is -1.94. The van der Waals surface area contributed by atoms with Crippen LogP contribution in [0.15, 0.2) is 47.6 Å². The summed E-state index contributed by atoms with van der Waals surface area (Å²) in [7, 11) is 0. The Morgan fingerprint density at radius 1 is 1.19 bits per heavy atom. The predicted octanol–water partition coefficient (Wildman–Crippen LogP) is 2.36. The summed E-state index contributed by atoms with van der Waals surface area (Å²) in [6.07, 6.45) is 6.50. The van der Waals surface area contributed by atoms with Crippen molar-refractivity contribution in [3.8, 4) is 0 Å². The Bertz CT molecular complexity index is 605. The quantitative estimate of drug-likeness (QED) is 0.706. The zero-order valence-electron chi connectivity index (χ0n) is 8.29. The van der Waals surface area contributed by atoms with Crippen molar-refractivity contribution in [3.63, 3.8) is 0 Å². The molecule has 5 heteroatoms. The predicted molar refractivity (Wildman–Crippen MR) is 59.3 cm³/mol. The highest BCUT2D eigenvalue weighted by Crippen LogP contribution is 2.22. The van der Waals surface area contributed by atoms with E-state index in [2.05, 4.69) is 20.3 Å². The minimum absolute atomic E-state index is 0.571. The van der Waals surface area contributed by atoms with Gasteiger partial charge in [0.1, 0.15) is 12.1 Å². The van der Waals surface area contributed by atoms with E-state index in [1.54, 1.807) is 18.7 Å². The number of anilines is 2. The van der Waals surface area contributed by atoms with Gasteiger partial charge in [-0.25, -0.2) is 9.97 Å². The van der Waals surface area contributed by atoms with Crippen LogP contribution < -0.4 is 5.32 Å². The Labute approximate surface area is 91.2 Å². The maximum Gasteiger partial charge on any atom is 0.231 e. The summed E-state index contributed by atoms with van der Waals surface area (Å²) in [4.78, 5) is 12.2. The number of hydrogen-bond acceptors (Lipinski definition) is 5. The molecule has 0 fully saturated rings. The van der Waals surface area contributed by atoms with Crippen molar-refractivity contribution in [1.29, 1.82) is 0 Å². The van der Waals surface area contributed by atoms with E-state index >= 15 is 0 Å². The molecule has 16 heavy (non-hydrogen) atoms. The van der Waals surface area contributed by atoms with Crippen molar-refractivity contribution in [3.05, 3.63) is 43.2 Å². The second-order valence-corrected chi connectivity index (χ2v) is 3.23. The zero-order chi connectivity index (χ0) is 10.8. The third-order valence-corrected chi connectivity index (χ3v) is 2.19. The highest BCUT2D eigenvalue weighted by atomic mass is 16.3. The summed E-state index contributed by atoms with van der Waals surface area (Å²) >= 11 is 0. The molecular formula is C11H8N4O. The molecule has 3 aromatic heterocycles. The molecule has 5 nitrogen and oxygen atoms in total. The molecule has 0 amide bonds. The summed E-state index contributed by atoms with van der Waals surface area (Å²) in [5.41, 5.74) is 1.45. The largest absolute Gasteiger partial charge is 0.446 e. The molecule has 0 unspecified atom stereocenters. The summed E-state index contributed by atoms with van der Waals surface area (Å²) in [6.45, 7) is 0. The number of nitrogens with one attached hydrogen (secondary N) is 1. The first-order valence-corrected chi connectivity index (χ1v) is 4.79. The molecule has 0 aliphatic rings. The van der Waals surface area contributed by atoms with Crippen molar-refractivity contribution in [1.82, 2.24) is 15.0 Å². The Morgan fingerprint density at radius 2 is 2.19 bits per heavy atom. The van der Waals surface area contributed by atoms with Gasteiger partial charge in [0.15, 0.2) is 0 Å². The topological polar surface area (TPSA) is 63.8 Å². The summed E-state index contributed by atoms with van der Waals surface area (Å²) < 4.78 is 5.19. The van der Waals surface area contributed by atoms with E-state index in [-0.39, 0.29) is 0 Å². The van der Waals surface area contributed by atoms with Gasteiger partial charge in [0, 0.05) is 6.20 Å². The van der Waals surface area contributed by atoms with Crippen LogP contribution in [-0.2, 0) is 0 Å². The number of rotatable bonds is 2. The van der Waals surface area contributed by atoms with Gasteiger partial charge >= 0.3 is 0 Å². The fraction of sp³-hybridized carbons (Fsp3) is 0. The Morgan fingerprint density at radius 3 is 3.06 bits per heavy atom. The number of aromatic nitrogens is 3. The van der Waals surface area contributed by atoms with E-state index in [0.717, 1.165) is 11.1 Å². The highest BCUT2D eigenvalue weighted by Gasteiger charge is 2.05. The van der Waals surface area contributed by atoms with Crippen LogP contribution in [0.5, 0.6) is 0 Å². The average Bonchev–Trinajstić information content (AvgIpc) is 2.80. The van der Waals surface area contributed by atoms with Crippen LogP contribution in [0, 0.1) is 0 Å². The Kier molecular flexibility index (Phi) is 2.00. The number of furan rings is 1. The number of fused-ring (bicyclic) bond motifs is 1. The van der Waals surface area contributed by atoms with Gasteiger partial charge in [-0.2, -0.15) is 0 Å². The lowest BCUT2D eigenvalue weighted by Gasteiger charge is -2.04.